The molecule has 0 spiro atoms. The van der Waals surface area contributed by atoms with Crippen LogP contribution in [-0.2, 0) is 0 Å². The molecule has 0 bridgehead atoms. The van der Waals surface area contributed by atoms with E-state index in [0.29, 0.717) is 0 Å². The first-order chi connectivity index (χ1) is 24.7. The molecule has 0 saturated carbocycles. The zero-order valence-corrected chi connectivity index (χ0v) is 28.6. The summed E-state index contributed by atoms with van der Waals surface area (Å²) in [5.74, 6) is 0. The van der Waals surface area contributed by atoms with Crippen LogP contribution in [0.2, 0.25) is 0 Å². The van der Waals surface area contributed by atoms with E-state index in [-0.39, 0.29) is 0 Å². The third-order valence-corrected chi connectivity index (χ3v) is 12.2. The summed E-state index contributed by atoms with van der Waals surface area (Å²) in [6.45, 7) is 4.36. The highest BCUT2D eigenvalue weighted by Gasteiger charge is 2.22. The van der Waals surface area contributed by atoms with Crippen molar-refractivity contribution < 1.29 is 0 Å². The Bertz CT molecular complexity index is 3160. The van der Waals surface area contributed by atoms with Gasteiger partial charge in [0.2, 0.25) is 0 Å². The molecule has 234 valence electrons. The van der Waals surface area contributed by atoms with Crippen molar-refractivity contribution >= 4 is 96.8 Å². The Morgan fingerprint density at radius 3 is 2.18 bits per heavy atom. The topological polar surface area (TPSA) is 4.93 Å². The lowest BCUT2D eigenvalue weighted by molar-refractivity contribution is 1.18. The van der Waals surface area contributed by atoms with Gasteiger partial charge in [-0.25, -0.2) is 0 Å². The van der Waals surface area contributed by atoms with E-state index in [9.17, 15) is 0 Å². The highest BCUT2D eigenvalue weighted by Crippen LogP contribution is 2.47. The fraction of sp³-hybridized carbons (Fsp3) is 0.0417. The van der Waals surface area contributed by atoms with Crippen molar-refractivity contribution in [3.8, 4) is 16.8 Å². The Hall–Kier alpha value is -5.96. The van der Waals surface area contributed by atoms with E-state index in [1.165, 1.54) is 113 Å². The minimum atomic E-state index is 1.17. The Morgan fingerprint density at radius 2 is 1.26 bits per heavy atom. The van der Waals surface area contributed by atoms with Crippen LogP contribution in [0.1, 0.15) is 25.0 Å². The first-order valence-electron chi connectivity index (χ1n) is 17.4. The number of hydrogen-bond donors (Lipinski definition) is 0. The van der Waals surface area contributed by atoms with Gasteiger partial charge >= 0.3 is 0 Å². The van der Waals surface area contributed by atoms with Gasteiger partial charge in [-0.3, -0.25) is 0 Å². The third kappa shape index (κ3) is 3.66. The molecule has 2 heterocycles. The monoisotopic (exact) mass is 653 g/mol. The molecule has 0 unspecified atom stereocenters. The highest BCUT2D eigenvalue weighted by molar-refractivity contribution is 7.26. The molecule has 0 aliphatic heterocycles. The minimum absolute atomic E-state index is 1.17. The Balaban J connectivity index is 1.17. The van der Waals surface area contributed by atoms with Gasteiger partial charge < -0.3 is 4.57 Å². The zero-order valence-electron chi connectivity index (χ0n) is 27.8. The molecule has 0 amide bonds. The Morgan fingerprint density at radius 1 is 0.500 bits per heavy atom. The number of thiophene rings is 1. The van der Waals surface area contributed by atoms with Crippen molar-refractivity contribution in [2.24, 2.45) is 0 Å². The predicted molar refractivity (Wildman–Crippen MR) is 219 cm³/mol. The molecule has 0 radical (unpaired) electrons. The van der Waals surface area contributed by atoms with Gasteiger partial charge in [0, 0.05) is 36.6 Å². The number of hydrogen-bond acceptors (Lipinski definition) is 1. The van der Waals surface area contributed by atoms with Gasteiger partial charge in [-0.1, -0.05) is 115 Å². The number of benzene rings is 8. The van der Waals surface area contributed by atoms with Crippen molar-refractivity contribution in [2.75, 3.05) is 0 Å². The van der Waals surface area contributed by atoms with Crippen LogP contribution in [0.15, 0.2) is 152 Å². The summed E-state index contributed by atoms with van der Waals surface area (Å²) >= 11 is 1.89. The standard InChI is InChI=1S/C48H31NS/c1-3-10-32-28(2)33-22-23-34(36-16-9-15-35(32)46(33)36)30-11-8-12-31(27-30)49-41-17-6-4-13-39(41)47-38-21-19-29-20-26-44-48(40-14-5-7-18-43(40)50-44)45(29)37(38)24-25-42(47)49/h3-27H,1-2H3/b10-3-. The number of aromatic nitrogens is 1. The average Bonchev–Trinajstić information content (AvgIpc) is 3.80. The first-order valence-corrected chi connectivity index (χ1v) is 18.2. The molecule has 0 fully saturated rings. The van der Waals surface area contributed by atoms with Gasteiger partial charge in [-0.15, -0.1) is 11.3 Å². The van der Waals surface area contributed by atoms with Crippen molar-refractivity contribution in [1.29, 1.82) is 0 Å². The van der Waals surface area contributed by atoms with E-state index in [1.807, 2.05) is 11.3 Å². The average molecular weight is 654 g/mol. The molecular weight excluding hydrogens is 623 g/mol. The molecule has 0 N–H and O–H groups in total. The summed E-state index contributed by atoms with van der Waals surface area (Å²) in [7, 11) is 0. The molecular formula is C48H31NS. The number of fused-ring (bicyclic) bond motifs is 11. The molecule has 1 nitrogen and oxygen atoms in total. The van der Waals surface area contributed by atoms with Gasteiger partial charge in [-0.2, -0.15) is 0 Å². The lowest BCUT2D eigenvalue weighted by atomic mass is 9.93. The molecule has 0 saturated heterocycles. The van der Waals surface area contributed by atoms with Crippen LogP contribution in [0.25, 0.3) is 102 Å². The summed E-state index contributed by atoms with van der Waals surface area (Å²) in [4.78, 5) is 0. The molecule has 1 aliphatic rings. The van der Waals surface area contributed by atoms with Crippen LogP contribution in [0.4, 0.5) is 0 Å². The van der Waals surface area contributed by atoms with Crippen molar-refractivity contribution in [2.45, 2.75) is 13.8 Å². The van der Waals surface area contributed by atoms with Crippen LogP contribution in [0.5, 0.6) is 0 Å². The maximum Gasteiger partial charge on any atom is 0.0547 e. The largest absolute Gasteiger partial charge is 0.309 e. The zero-order chi connectivity index (χ0) is 33.1. The van der Waals surface area contributed by atoms with Gasteiger partial charge in [0.15, 0.2) is 0 Å². The second-order valence-electron chi connectivity index (χ2n) is 13.6. The molecule has 50 heavy (non-hydrogen) atoms. The second-order valence-corrected chi connectivity index (χ2v) is 14.7. The van der Waals surface area contributed by atoms with E-state index in [0.717, 1.165) is 0 Å². The van der Waals surface area contributed by atoms with Crippen LogP contribution in [0, 0.1) is 0 Å². The van der Waals surface area contributed by atoms with E-state index in [4.69, 9.17) is 0 Å². The molecule has 11 rings (SSSR count). The quantitative estimate of drug-likeness (QED) is 0.167. The molecule has 1 aliphatic carbocycles. The SMILES string of the molecule is C/C=C\C1=C(C)c2ccc(-c3cccc(-n4c5ccccc5c5c6ccc7ccc8sc9ccccc9c8c7c6ccc54)c3)c3cccc1c23. The summed E-state index contributed by atoms with van der Waals surface area (Å²) in [6, 6.07) is 52.3. The van der Waals surface area contributed by atoms with Crippen LogP contribution in [0.3, 0.4) is 0 Å². The van der Waals surface area contributed by atoms with Crippen LogP contribution < -0.4 is 0 Å². The van der Waals surface area contributed by atoms with Gasteiger partial charge in [0.25, 0.3) is 0 Å². The number of para-hydroxylation sites is 1. The van der Waals surface area contributed by atoms with E-state index in [1.54, 1.807) is 0 Å². The molecule has 2 aromatic heterocycles. The van der Waals surface area contributed by atoms with Crippen molar-refractivity contribution in [3.63, 3.8) is 0 Å². The third-order valence-electron chi connectivity index (χ3n) is 11.0. The Labute approximate surface area is 293 Å². The maximum atomic E-state index is 2.47. The number of nitrogens with zero attached hydrogens (tertiary/aromatic N) is 1. The van der Waals surface area contributed by atoms with Gasteiger partial charge in [-0.05, 0) is 116 Å². The molecule has 8 aromatic carbocycles. The maximum absolute atomic E-state index is 2.47. The lowest BCUT2D eigenvalue weighted by Gasteiger charge is -2.14. The number of allylic oxidation sites excluding steroid dienone is 4. The van der Waals surface area contributed by atoms with Crippen LogP contribution in [-0.4, -0.2) is 4.57 Å². The van der Waals surface area contributed by atoms with Gasteiger partial charge in [0.05, 0.1) is 11.0 Å². The van der Waals surface area contributed by atoms with E-state index >= 15 is 0 Å². The fourth-order valence-corrected chi connectivity index (χ4v) is 10.0. The highest BCUT2D eigenvalue weighted by atomic mass is 32.1. The van der Waals surface area contributed by atoms with E-state index < -0.39 is 0 Å². The molecule has 0 atom stereocenters. The number of rotatable bonds is 3. The second kappa shape index (κ2) is 10.3. The molecule has 2 heteroatoms. The van der Waals surface area contributed by atoms with Gasteiger partial charge in [0.1, 0.15) is 0 Å². The van der Waals surface area contributed by atoms with Crippen LogP contribution >= 0.6 is 11.3 Å². The normalized spacial score (nSPS) is 13.2. The smallest absolute Gasteiger partial charge is 0.0547 e. The summed E-state index contributed by atoms with van der Waals surface area (Å²) in [5.41, 5.74) is 11.5. The van der Waals surface area contributed by atoms with E-state index in [2.05, 4.69) is 170 Å². The Kier molecular flexibility index (Phi) is 5.74. The van der Waals surface area contributed by atoms with Crippen molar-refractivity contribution in [1.82, 2.24) is 4.57 Å². The summed E-state index contributed by atoms with van der Waals surface area (Å²) < 4.78 is 5.15. The summed E-state index contributed by atoms with van der Waals surface area (Å²) in [5, 5.41) is 13.2. The summed E-state index contributed by atoms with van der Waals surface area (Å²) in [6.07, 6.45) is 4.40. The predicted octanol–water partition coefficient (Wildman–Crippen LogP) is 14.1. The van der Waals surface area contributed by atoms with Crippen molar-refractivity contribution in [3.05, 3.63) is 163 Å². The fourth-order valence-electron chi connectivity index (χ4n) is 8.93. The minimum Gasteiger partial charge on any atom is -0.309 e. The molecule has 10 aromatic rings. The first kappa shape index (κ1) is 27.9. The lowest BCUT2D eigenvalue weighted by Crippen LogP contribution is -1.95.